The fourth-order valence-electron chi connectivity index (χ4n) is 7.97. The zero-order valence-electron chi connectivity index (χ0n) is 34.8. The van der Waals surface area contributed by atoms with Gasteiger partial charge in [0, 0.05) is 36.0 Å². The summed E-state index contributed by atoms with van der Waals surface area (Å²) in [6.07, 6.45) is 0. The normalized spacial score (nSPS) is 11.9. The molecule has 0 bridgehead atoms. The first-order valence-corrected chi connectivity index (χ1v) is 20.7. The van der Waals surface area contributed by atoms with Crippen LogP contribution < -0.4 is 19.3 Å². The van der Waals surface area contributed by atoms with E-state index in [1.165, 1.54) is 24.0 Å². The molecule has 0 radical (unpaired) electrons. The molecule has 1 aliphatic rings. The minimum absolute atomic E-state index is 0.212. The second kappa shape index (κ2) is 17.2. The van der Waals surface area contributed by atoms with Crippen LogP contribution in [0.25, 0.3) is 32.7 Å². The maximum atomic E-state index is 14.1. The summed E-state index contributed by atoms with van der Waals surface area (Å²) in [6, 6.07) is 43.4. The molecule has 0 saturated carbocycles. The molecule has 9 rings (SSSR count). The van der Waals surface area contributed by atoms with Gasteiger partial charge in [-0.2, -0.15) is 10.2 Å². The van der Waals surface area contributed by atoms with Crippen molar-refractivity contribution in [2.24, 2.45) is 20.5 Å². The zero-order valence-corrected chi connectivity index (χ0v) is 36.3. The van der Waals surface area contributed by atoms with E-state index in [-0.39, 0.29) is 40.2 Å². The molecule has 64 heavy (non-hydrogen) atoms. The van der Waals surface area contributed by atoms with E-state index in [1.54, 1.807) is 86.9 Å². The third-order valence-corrected chi connectivity index (χ3v) is 11.8. The molecule has 11 nitrogen and oxygen atoms in total. The van der Waals surface area contributed by atoms with Crippen LogP contribution in [0.5, 0.6) is 11.5 Å². The third kappa shape index (κ3) is 7.40. The van der Waals surface area contributed by atoms with Crippen LogP contribution >= 0.6 is 23.2 Å². The van der Waals surface area contributed by atoms with Crippen molar-refractivity contribution in [3.8, 4) is 22.6 Å². The molecule has 1 aliphatic carbocycles. The lowest BCUT2D eigenvalue weighted by Crippen LogP contribution is -2.27. The Morgan fingerprint density at radius 3 is 1.28 bits per heavy atom. The molecule has 0 aliphatic heterocycles. The molecule has 0 unspecified atom stereocenters. The summed E-state index contributed by atoms with van der Waals surface area (Å²) < 4.78 is 11.7. The van der Waals surface area contributed by atoms with Crippen LogP contribution in [-0.2, 0) is 0 Å². The van der Waals surface area contributed by atoms with E-state index in [4.69, 9.17) is 32.7 Å². The first-order valence-electron chi connectivity index (χ1n) is 20.0. The van der Waals surface area contributed by atoms with Crippen molar-refractivity contribution in [1.82, 2.24) is 0 Å². The number of benzene rings is 8. The number of halogens is 2. The number of amides is 2. The van der Waals surface area contributed by atoms with E-state index in [1.807, 2.05) is 72.8 Å². The van der Waals surface area contributed by atoms with Crippen molar-refractivity contribution in [1.29, 1.82) is 0 Å². The molecule has 2 amide bonds. The maximum absolute atomic E-state index is 14.1. The highest BCUT2D eigenvalue weighted by Crippen LogP contribution is 2.45. The summed E-state index contributed by atoms with van der Waals surface area (Å²) in [5, 5.41) is 22.2. The number of anilines is 2. The standard InChI is InChI=1S/C51H36Cl2N6O5/c1-58(43-19-11-9-17-41(43)52)50(61)39-25-29-13-5-7-15-33(29)45(48(39)63-3)56-54-31-21-23-35-36-24-22-32(28-38(36)47(60)37(35)27-31)55-57-46-34-16-8-6-14-30(34)26-40(49(46)64-4)51(62)59(2)44-20-12-10-18-42(44)53/h5-28H,1-4H3. The van der Waals surface area contributed by atoms with Crippen molar-refractivity contribution < 1.29 is 23.9 Å². The largest absolute Gasteiger partial charge is 0.494 e. The summed E-state index contributed by atoms with van der Waals surface area (Å²) >= 11 is 12.9. The lowest BCUT2D eigenvalue weighted by atomic mass is 10.0. The van der Waals surface area contributed by atoms with Crippen molar-refractivity contribution in [2.75, 3.05) is 38.1 Å². The van der Waals surface area contributed by atoms with Crippen LogP contribution in [0.1, 0.15) is 36.6 Å². The number of rotatable bonds is 10. The van der Waals surface area contributed by atoms with Gasteiger partial charge < -0.3 is 19.3 Å². The lowest BCUT2D eigenvalue weighted by Gasteiger charge is -2.21. The Bertz CT molecular complexity index is 3080. The number of fused-ring (bicyclic) bond motifs is 5. The number of carbonyl (C=O) groups is 3. The monoisotopic (exact) mass is 882 g/mol. The summed E-state index contributed by atoms with van der Waals surface area (Å²) in [5.41, 5.74) is 5.56. The number of carbonyl (C=O) groups excluding carboxylic acids is 3. The fraction of sp³-hybridized carbons (Fsp3) is 0.0784. The van der Waals surface area contributed by atoms with Gasteiger partial charge in [-0.05, 0) is 82.6 Å². The Hall–Kier alpha value is -7.73. The number of azo groups is 2. The van der Waals surface area contributed by atoms with Gasteiger partial charge in [0.15, 0.2) is 17.3 Å². The van der Waals surface area contributed by atoms with E-state index in [0.29, 0.717) is 55.3 Å². The van der Waals surface area contributed by atoms with Gasteiger partial charge in [-0.15, -0.1) is 10.2 Å². The Balaban J connectivity index is 1.02. The number of ketones is 1. The van der Waals surface area contributed by atoms with E-state index in [9.17, 15) is 14.4 Å². The van der Waals surface area contributed by atoms with Crippen LogP contribution in [0.2, 0.25) is 10.0 Å². The lowest BCUT2D eigenvalue weighted by molar-refractivity contribution is 0.0982. The molecule has 314 valence electrons. The van der Waals surface area contributed by atoms with Gasteiger partial charge in [0.05, 0.1) is 58.1 Å². The number of para-hydroxylation sites is 2. The summed E-state index contributed by atoms with van der Waals surface area (Å²) in [5.74, 6) is -0.423. The fourth-order valence-corrected chi connectivity index (χ4v) is 8.50. The van der Waals surface area contributed by atoms with Gasteiger partial charge in [-0.25, -0.2) is 0 Å². The van der Waals surface area contributed by atoms with Gasteiger partial charge in [0.1, 0.15) is 11.4 Å². The molecule has 0 heterocycles. The third-order valence-electron chi connectivity index (χ3n) is 11.2. The molecule has 0 N–H and O–H groups in total. The quantitative estimate of drug-likeness (QED) is 0.126. The van der Waals surface area contributed by atoms with Crippen molar-refractivity contribution >= 4 is 96.5 Å². The first kappa shape index (κ1) is 41.6. The molecule has 0 spiro atoms. The minimum Gasteiger partial charge on any atom is -0.494 e. The Morgan fingerprint density at radius 2 is 0.875 bits per heavy atom. The van der Waals surface area contributed by atoms with Crippen molar-refractivity contribution in [2.45, 2.75) is 0 Å². The summed E-state index contributed by atoms with van der Waals surface area (Å²) in [7, 11) is 6.26. The van der Waals surface area contributed by atoms with Gasteiger partial charge in [0.25, 0.3) is 11.8 Å². The van der Waals surface area contributed by atoms with E-state index in [2.05, 4.69) is 20.5 Å². The summed E-state index contributed by atoms with van der Waals surface area (Å²) in [6.45, 7) is 0. The van der Waals surface area contributed by atoms with Crippen LogP contribution in [-0.4, -0.2) is 45.9 Å². The summed E-state index contributed by atoms with van der Waals surface area (Å²) in [4.78, 5) is 45.0. The smallest absolute Gasteiger partial charge is 0.261 e. The molecule has 0 fully saturated rings. The van der Waals surface area contributed by atoms with E-state index < -0.39 is 0 Å². The van der Waals surface area contributed by atoms with Gasteiger partial charge >= 0.3 is 0 Å². The minimum atomic E-state index is -0.347. The predicted octanol–water partition coefficient (Wildman–Crippen LogP) is 13.9. The maximum Gasteiger partial charge on any atom is 0.261 e. The Kier molecular flexibility index (Phi) is 11.2. The molecular weight excluding hydrogens is 848 g/mol. The number of ether oxygens (including phenoxy) is 2. The number of nitrogens with zero attached hydrogens (tertiary/aromatic N) is 6. The second-order valence-electron chi connectivity index (χ2n) is 14.9. The number of methoxy groups -OCH3 is 2. The molecule has 8 aromatic rings. The van der Waals surface area contributed by atoms with Crippen molar-refractivity contribution in [3.63, 3.8) is 0 Å². The zero-order chi connectivity index (χ0) is 44.6. The van der Waals surface area contributed by atoms with Crippen LogP contribution in [0.3, 0.4) is 0 Å². The van der Waals surface area contributed by atoms with Crippen molar-refractivity contribution in [3.05, 3.63) is 178 Å². The molecule has 0 aromatic heterocycles. The topological polar surface area (TPSA) is 126 Å². The molecule has 0 atom stereocenters. The van der Waals surface area contributed by atoms with Gasteiger partial charge in [-0.1, -0.05) is 108 Å². The highest BCUT2D eigenvalue weighted by molar-refractivity contribution is 6.34. The highest BCUT2D eigenvalue weighted by atomic mass is 35.5. The molecular formula is C51H36Cl2N6O5. The number of hydrogen-bond donors (Lipinski definition) is 0. The molecule has 0 saturated heterocycles. The van der Waals surface area contributed by atoms with Gasteiger partial charge in [0.2, 0.25) is 0 Å². The molecule has 13 heteroatoms. The van der Waals surface area contributed by atoms with E-state index in [0.717, 1.165) is 32.7 Å². The van der Waals surface area contributed by atoms with Gasteiger partial charge in [-0.3, -0.25) is 14.4 Å². The second-order valence-corrected chi connectivity index (χ2v) is 15.7. The molecule has 8 aromatic carbocycles. The van der Waals surface area contributed by atoms with Crippen LogP contribution in [0, 0.1) is 0 Å². The van der Waals surface area contributed by atoms with E-state index >= 15 is 0 Å². The highest BCUT2D eigenvalue weighted by Gasteiger charge is 2.29. The van der Waals surface area contributed by atoms with Crippen LogP contribution in [0.15, 0.2) is 166 Å². The van der Waals surface area contributed by atoms with Crippen LogP contribution in [0.4, 0.5) is 34.1 Å². The SMILES string of the molecule is COc1c(C(=O)N(C)c2ccccc2Cl)cc2ccccc2c1N=Nc1ccc2c(c1)C(=O)c1cc(N=Nc3c(OC)c(C(=O)N(C)c4ccccc4Cl)cc4ccccc34)ccc1-2. The first-order chi connectivity index (χ1) is 31.1. The Morgan fingerprint density at radius 1 is 0.484 bits per heavy atom. The predicted molar refractivity (Wildman–Crippen MR) is 253 cm³/mol. The average molecular weight is 884 g/mol. The number of hydrogen-bond acceptors (Lipinski definition) is 9. The average Bonchev–Trinajstić information content (AvgIpc) is 3.60. The Labute approximate surface area is 377 Å².